The number of carbonyl (C=O) groups is 1. The van der Waals surface area contributed by atoms with Gasteiger partial charge in [-0.25, -0.2) is 0 Å². The molecule has 18 heavy (non-hydrogen) atoms. The number of carbonyl (C=O) groups excluding carboxylic acids is 1. The number of hydrogen-bond donors (Lipinski definition) is 2. The Kier molecular flexibility index (Phi) is 5.35. The summed E-state index contributed by atoms with van der Waals surface area (Å²) in [6.45, 7) is 11.3. The van der Waals surface area contributed by atoms with E-state index in [4.69, 9.17) is 0 Å². The van der Waals surface area contributed by atoms with Crippen LogP contribution < -0.4 is 10.6 Å². The molecule has 3 nitrogen and oxygen atoms in total. The van der Waals surface area contributed by atoms with Crippen LogP contribution in [0.3, 0.4) is 0 Å². The summed E-state index contributed by atoms with van der Waals surface area (Å²) in [7, 11) is 0. The Balaban J connectivity index is 2.56. The van der Waals surface area contributed by atoms with E-state index in [1.807, 2.05) is 13.8 Å². The maximum atomic E-state index is 11.6. The van der Waals surface area contributed by atoms with Gasteiger partial charge in [-0.1, -0.05) is 31.5 Å². The van der Waals surface area contributed by atoms with Gasteiger partial charge in [-0.3, -0.25) is 4.79 Å². The van der Waals surface area contributed by atoms with Crippen molar-refractivity contribution in [3.05, 3.63) is 34.4 Å². The van der Waals surface area contributed by atoms with Gasteiger partial charge in [-0.2, -0.15) is 0 Å². The second-order valence-corrected chi connectivity index (χ2v) is 5.19. The van der Waals surface area contributed by atoms with Gasteiger partial charge in [0, 0.05) is 12.6 Å². The maximum Gasteiger partial charge on any atom is 0.234 e. The molecule has 1 aromatic rings. The molecule has 1 rings (SSSR count). The number of aryl methyl sites for hydroxylation is 3. The lowest BCUT2D eigenvalue weighted by Gasteiger charge is -2.13. The molecule has 0 aliphatic carbocycles. The van der Waals surface area contributed by atoms with E-state index in [0.29, 0.717) is 19.1 Å². The van der Waals surface area contributed by atoms with E-state index in [-0.39, 0.29) is 5.91 Å². The molecule has 1 amide bonds. The van der Waals surface area contributed by atoms with Crippen LogP contribution in [-0.4, -0.2) is 18.5 Å². The molecule has 3 heteroatoms. The largest absolute Gasteiger partial charge is 0.351 e. The van der Waals surface area contributed by atoms with Crippen molar-refractivity contribution in [3.8, 4) is 0 Å². The predicted octanol–water partition coefficient (Wildman–Crippen LogP) is 2.23. The second kappa shape index (κ2) is 6.55. The number of nitrogens with one attached hydrogen (secondary N) is 2. The molecule has 0 unspecified atom stereocenters. The van der Waals surface area contributed by atoms with Crippen molar-refractivity contribution in [1.29, 1.82) is 0 Å². The Morgan fingerprint density at radius 2 is 1.72 bits per heavy atom. The van der Waals surface area contributed by atoms with E-state index in [2.05, 4.69) is 43.5 Å². The lowest BCUT2D eigenvalue weighted by Crippen LogP contribution is -2.36. The van der Waals surface area contributed by atoms with Gasteiger partial charge in [0.2, 0.25) is 5.91 Å². The number of hydrogen-bond acceptors (Lipinski definition) is 2. The zero-order valence-electron chi connectivity index (χ0n) is 12.1. The average molecular weight is 248 g/mol. The van der Waals surface area contributed by atoms with Crippen molar-refractivity contribution in [2.45, 2.75) is 47.2 Å². The molecule has 0 aliphatic rings. The van der Waals surface area contributed by atoms with E-state index in [1.54, 1.807) is 0 Å². The molecule has 0 fully saturated rings. The van der Waals surface area contributed by atoms with Crippen LogP contribution in [0.2, 0.25) is 0 Å². The first-order valence-corrected chi connectivity index (χ1v) is 6.47. The highest BCUT2D eigenvalue weighted by atomic mass is 16.1. The van der Waals surface area contributed by atoms with Crippen molar-refractivity contribution in [2.24, 2.45) is 0 Å². The molecule has 0 saturated carbocycles. The topological polar surface area (TPSA) is 41.1 Å². The van der Waals surface area contributed by atoms with Crippen LogP contribution in [0.25, 0.3) is 0 Å². The summed E-state index contributed by atoms with van der Waals surface area (Å²) in [4.78, 5) is 11.6. The fraction of sp³-hybridized carbons (Fsp3) is 0.533. The Bertz CT molecular complexity index is 401. The zero-order chi connectivity index (χ0) is 13.7. The minimum atomic E-state index is 0.0445. The molecule has 0 bridgehead atoms. The summed E-state index contributed by atoms with van der Waals surface area (Å²) >= 11 is 0. The highest BCUT2D eigenvalue weighted by Gasteiger charge is 2.06. The zero-order valence-corrected chi connectivity index (χ0v) is 12.1. The van der Waals surface area contributed by atoms with Crippen LogP contribution in [-0.2, 0) is 11.3 Å². The Morgan fingerprint density at radius 3 is 2.22 bits per heavy atom. The molecule has 0 aliphatic heterocycles. The molecule has 0 saturated heterocycles. The van der Waals surface area contributed by atoms with Crippen molar-refractivity contribution in [1.82, 2.24) is 10.6 Å². The van der Waals surface area contributed by atoms with Crippen molar-refractivity contribution in [3.63, 3.8) is 0 Å². The molecule has 0 aromatic heterocycles. The van der Waals surface area contributed by atoms with Gasteiger partial charge in [0.15, 0.2) is 0 Å². The number of rotatable bonds is 5. The van der Waals surface area contributed by atoms with Crippen LogP contribution in [0.5, 0.6) is 0 Å². The maximum absolute atomic E-state index is 11.6. The Hall–Kier alpha value is -1.35. The van der Waals surface area contributed by atoms with Crippen LogP contribution in [0.15, 0.2) is 12.1 Å². The van der Waals surface area contributed by atoms with E-state index in [9.17, 15) is 4.79 Å². The first-order valence-electron chi connectivity index (χ1n) is 6.47. The third kappa shape index (κ3) is 4.49. The third-order valence-corrected chi connectivity index (χ3v) is 2.97. The quantitative estimate of drug-likeness (QED) is 0.839. The average Bonchev–Trinajstić information content (AvgIpc) is 2.24. The van der Waals surface area contributed by atoms with Gasteiger partial charge < -0.3 is 10.6 Å². The Morgan fingerprint density at radius 1 is 1.17 bits per heavy atom. The number of amides is 1. The molecule has 0 spiro atoms. The van der Waals surface area contributed by atoms with E-state index in [0.717, 1.165) is 0 Å². The van der Waals surface area contributed by atoms with Gasteiger partial charge in [-0.15, -0.1) is 0 Å². The summed E-state index contributed by atoms with van der Waals surface area (Å²) in [6, 6.07) is 4.64. The summed E-state index contributed by atoms with van der Waals surface area (Å²) in [5, 5.41) is 6.06. The third-order valence-electron chi connectivity index (χ3n) is 2.97. The van der Waals surface area contributed by atoms with Crippen molar-refractivity contribution >= 4 is 5.91 Å². The predicted molar refractivity (Wildman–Crippen MR) is 75.6 cm³/mol. The van der Waals surface area contributed by atoms with E-state index in [1.165, 1.54) is 22.3 Å². The highest BCUT2D eigenvalue weighted by Crippen LogP contribution is 2.15. The molecule has 0 heterocycles. The van der Waals surface area contributed by atoms with Gasteiger partial charge in [-0.05, 0) is 37.5 Å². The first-order chi connectivity index (χ1) is 8.40. The standard InChI is InChI=1S/C15H24N2O/c1-10(2)16-9-15(18)17-8-14-12(4)6-11(3)7-13(14)5/h6-7,10,16H,8-9H2,1-5H3,(H,17,18). The molecule has 100 valence electrons. The minimum Gasteiger partial charge on any atom is -0.351 e. The molecular weight excluding hydrogens is 224 g/mol. The van der Waals surface area contributed by atoms with Crippen LogP contribution in [0, 0.1) is 20.8 Å². The summed E-state index contributed by atoms with van der Waals surface area (Å²) in [6.07, 6.45) is 0. The number of benzene rings is 1. The molecular formula is C15H24N2O. The van der Waals surface area contributed by atoms with Crippen LogP contribution in [0.1, 0.15) is 36.1 Å². The van der Waals surface area contributed by atoms with Gasteiger partial charge in [0.25, 0.3) is 0 Å². The molecule has 0 radical (unpaired) electrons. The van der Waals surface area contributed by atoms with Crippen LogP contribution >= 0.6 is 0 Å². The first kappa shape index (κ1) is 14.7. The van der Waals surface area contributed by atoms with Gasteiger partial charge in [0.1, 0.15) is 0 Å². The SMILES string of the molecule is Cc1cc(C)c(CNC(=O)CNC(C)C)c(C)c1. The molecule has 2 N–H and O–H groups in total. The normalized spacial score (nSPS) is 10.8. The fourth-order valence-corrected chi connectivity index (χ4v) is 2.04. The van der Waals surface area contributed by atoms with E-state index < -0.39 is 0 Å². The summed E-state index contributed by atoms with van der Waals surface area (Å²) in [5.41, 5.74) is 4.97. The van der Waals surface area contributed by atoms with Crippen LogP contribution in [0.4, 0.5) is 0 Å². The summed E-state index contributed by atoms with van der Waals surface area (Å²) < 4.78 is 0. The Labute approximate surface area is 110 Å². The van der Waals surface area contributed by atoms with Crippen molar-refractivity contribution in [2.75, 3.05) is 6.54 Å². The minimum absolute atomic E-state index is 0.0445. The molecule has 1 aromatic carbocycles. The van der Waals surface area contributed by atoms with Gasteiger partial charge in [0.05, 0.1) is 6.54 Å². The smallest absolute Gasteiger partial charge is 0.234 e. The molecule has 0 atom stereocenters. The van der Waals surface area contributed by atoms with E-state index >= 15 is 0 Å². The van der Waals surface area contributed by atoms with Gasteiger partial charge >= 0.3 is 0 Å². The monoisotopic (exact) mass is 248 g/mol. The summed E-state index contributed by atoms with van der Waals surface area (Å²) in [5.74, 6) is 0.0445. The lowest BCUT2D eigenvalue weighted by molar-refractivity contribution is -0.120. The highest BCUT2D eigenvalue weighted by molar-refractivity contribution is 5.78. The van der Waals surface area contributed by atoms with Crippen molar-refractivity contribution < 1.29 is 4.79 Å². The fourth-order valence-electron chi connectivity index (χ4n) is 2.04. The second-order valence-electron chi connectivity index (χ2n) is 5.19. The lowest BCUT2D eigenvalue weighted by atomic mass is 10.00.